The first-order valence-electron chi connectivity index (χ1n) is 5.58. The van der Waals surface area contributed by atoms with E-state index < -0.39 is 16.0 Å². The van der Waals surface area contributed by atoms with Crippen LogP contribution in [0.2, 0.25) is 0 Å². The number of furan rings is 1. The summed E-state index contributed by atoms with van der Waals surface area (Å²) >= 11 is 0. The molecule has 6 nitrogen and oxygen atoms in total. The standard InChI is InChI=1S/C11H15NO5S/c1-6-9(11(13)14)10(7(2)17-6)18(15,16)12(3)8-4-5-8/h8H,4-5H2,1-3H3,(H,13,14). The van der Waals surface area contributed by atoms with E-state index in [0.29, 0.717) is 0 Å². The minimum Gasteiger partial charge on any atom is -0.478 e. The highest BCUT2D eigenvalue weighted by molar-refractivity contribution is 7.89. The molecule has 0 saturated heterocycles. The largest absolute Gasteiger partial charge is 0.478 e. The van der Waals surface area contributed by atoms with Gasteiger partial charge in [-0.25, -0.2) is 13.2 Å². The Hall–Kier alpha value is -1.34. The summed E-state index contributed by atoms with van der Waals surface area (Å²) in [4.78, 5) is 10.9. The fourth-order valence-corrected chi connectivity index (χ4v) is 3.78. The molecule has 1 saturated carbocycles. The van der Waals surface area contributed by atoms with Crippen molar-refractivity contribution in [3.8, 4) is 0 Å². The normalized spacial score (nSPS) is 16.2. The van der Waals surface area contributed by atoms with Crippen molar-refractivity contribution < 1.29 is 22.7 Å². The van der Waals surface area contributed by atoms with Crippen LogP contribution in [0.4, 0.5) is 0 Å². The Morgan fingerprint density at radius 3 is 2.33 bits per heavy atom. The topological polar surface area (TPSA) is 87.8 Å². The van der Waals surface area contributed by atoms with E-state index in [1.54, 1.807) is 0 Å². The molecular weight excluding hydrogens is 258 g/mol. The Bertz CT molecular complexity index is 597. The van der Waals surface area contributed by atoms with Crippen molar-refractivity contribution in [2.24, 2.45) is 0 Å². The highest BCUT2D eigenvalue weighted by Crippen LogP contribution is 2.34. The quantitative estimate of drug-likeness (QED) is 0.895. The number of carboxylic acids is 1. The predicted octanol–water partition coefficient (Wildman–Crippen LogP) is 1.38. The number of nitrogens with zero attached hydrogens (tertiary/aromatic N) is 1. The molecule has 0 aromatic carbocycles. The molecule has 0 radical (unpaired) electrons. The molecule has 1 aliphatic carbocycles. The smallest absolute Gasteiger partial charge is 0.340 e. The number of aryl methyl sites for hydroxylation is 2. The average Bonchev–Trinajstić information content (AvgIpc) is 3.02. The van der Waals surface area contributed by atoms with Gasteiger partial charge in [0, 0.05) is 13.1 Å². The Balaban J connectivity index is 2.59. The summed E-state index contributed by atoms with van der Waals surface area (Å²) in [5.74, 6) is -1.05. The molecule has 100 valence electrons. The first-order valence-corrected chi connectivity index (χ1v) is 7.02. The number of aromatic carboxylic acids is 1. The summed E-state index contributed by atoms with van der Waals surface area (Å²) in [5, 5.41) is 9.12. The van der Waals surface area contributed by atoms with Gasteiger partial charge in [-0.3, -0.25) is 0 Å². The summed E-state index contributed by atoms with van der Waals surface area (Å²) < 4.78 is 31.1. The van der Waals surface area contributed by atoms with E-state index >= 15 is 0 Å². The lowest BCUT2D eigenvalue weighted by Gasteiger charge is -2.16. The summed E-state index contributed by atoms with van der Waals surface area (Å²) in [6.07, 6.45) is 1.63. The van der Waals surface area contributed by atoms with Crippen LogP contribution in [0.1, 0.15) is 34.7 Å². The molecule has 1 aliphatic rings. The molecule has 0 atom stereocenters. The van der Waals surface area contributed by atoms with Gasteiger partial charge in [0.1, 0.15) is 22.0 Å². The van der Waals surface area contributed by atoms with Crippen LogP contribution in [0.3, 0.4) is 0 Å². The molecule has 1 aromatic heterocycles. The molecule has 1 N–H and O–H groups in total. The van der Waals surface area contributed by atoms with Gasteiger partial charge in [0.15, 0.2) is 0 Å². The molecule has 7 heteroatoms. The second-order valence-corrected chi connectivity index (χ2v) is 6.41. The van der Waals surface area contributed by atoms with Gasteiger partial charge < -0.3 is 9.52 Å². The zero-order chi connectivity index (χ0) is 13.7. The lowest BCUT2D eigenvalue weighted by atomic mass is 10.2. The maximum absolute atomic E-state index is 12.4. The number of carbonyl (C=O) groups is 1. The third kappa shape index (κ3) is 1.93. The molecule has 1 aromatic rings. The third-order valence-electron chi connectivity index (χ3n) is 3.12. The minimum absolute atomic E-state index is 0.0220. The van der Waals surface area contributed by atoms with Gasteiger partial charge in [-0.1, -0.05) is 0 Å². The number of hydrogen-bond acceptors (Lipinski definition) is 4. The van der Waals surface area contributed by atoms with Crippen LogP contribution >= 0.6 is 0 Å². The highest BCUT2D eigenvalue weighted by Gasteiger charge is 2.40. The fourth-order valence-electron chi connectivity index (χ4n) is 2.00. The van der Waals surface area contributed by atoms with Crippen LogP contribution in [0.15, 0.2) is 9.31 Å². The number of sulfonamides is 1. The Labute approximate surface area is 105 Å². The Morgan fingerprint density at radius 2 is 1.89 bits per heavy atom. The van der Waals surface area contributed by atoms with Crippen LogP contribution in [-0.4, -0.2) is 36.9 Å². The van der Waals surface area contributed by atoms with Gasteiger partial charge >= 0.3 is 5.97 Å². The van der Waals surface area contributed by atoms with Crippen molar-refractivity contribution in [2.75, 3.05) is 7.05 Å². The van der Waals surface area contributed by atoms with Gasteiger partial charge in [-0.15, -0.1) is 0 Å². The summed E-state index contributed by atoms with van der Waals surface area (Å²) in [6, 6.07) is -0.0220. The molecular formula is C11H15NO5S. The van der Waals surface area contributed by atoms with Crippen molar-refractivity contribution in [1.29, 1.82) is 0 Å². The van der Waals surface area contributed by atoms with Crippen LogP contribution in [-0.2, 0) is 10.0 Å². The fraction of sp³-hybridized carbons (Fsp3) is 0.545. The maximum atomic E-state index is 12.4. The van der Waals surface area contributed by atoms with Gasteiger partial charge in [-0.05, 0) is 26.7 Å². The van der Waals surface area contributed by atoms with Crippen LogP contribution in [0.5, 0.6) is 0 Å². The molecule has 18 heavy (non-hydrogen) atoms. The third-order valence-corrected chi connectivity index (χ3v) is 5.18. The molecule has 0 spiro atoms. The van der Waals surface area contributed by atoms with E-state index in [2.05, 4.69) is 0 Å². The second kappa shape index (κ2) is 4.10. The highest BCUT2D eigenvalue weighted by atomic mass is 32.2. The lowest BCUT2D eigenvalue weighted by molar-refractivity contribution is 0.0691. The van der Waals surface area contributed by atoms with Crippen LogP contribution in [0.25, 0.3) is 0 Å². The van der Waals surface area contributed by atoms with E-state index in [9.17, 15) is 13.2 Å². The first kappa shape index (κ1) is 13.1. The van der Waals surface area contributed by atoms with Gasteiger partial charge in [0.2, 0.25) is 10.0 Å². The summed E-state index contributed by atoms with van der Waals surface area (Å²) in [7, 11) is -2.33. The monoisotopic (exact) mass is 273 g/mol. The molecule has 0 aliphatic heterocycles. The number of rotatable bonds is 4. The molecule has 0 amide bonds. The predicted molar refractivity (Wildman–Crippen MR) is 63.1 cm³/mol. The molecule has 0 unspecified atom stereocenters. The van der Waals surface area contributed by atoms with Crippen molar-refractivity contribution in [3.05, 3.63) is 17.1 Å². The van der Waals surface area contributed by atoms with Gasteiger partial charge in [-0.2, -0.15) is 4.31 Å². The van der Waals surface area contributed by atoms with Crippen molar-refractivity contribution in [2.45, 2.75) is 37.6 Å². The number of carboxylic acid groups (broad SMARTS) is 1. The molecule has 2 rings (SSSR count). The molecule has 1 fully saturated rings. The van der Waals surface area contributed by atoms with E-state index in [0.717, 1.165) is 12.8 Å². The van der Waals surface area contributed by atoms with E-state index in [4.69, 9.17) is 9.52 Å². The molecule has 1 heterocycles. The molecule has 0 bridgehead atoms. The average molecular weight is 273 g/mol. The lowest BCUT2D eigenvalue weighted by Crippen LogP contribution is -2.30. The summed E-state index contributed by atoms with van der Waals surface area (Å²) in [6.45, 7) is 2.92. The Morgan fingerprint density at radius 1 is 1.33 bits per heavy atom. The van der Waals surface area contributed by atoms with Crippen LogP contribution in [0, 0.1) is 13.8 Å². The second-order valence-electron chi connectivity index (χ2n) is 4.48. The van der Waals surface area contributed by atoms with Crippen molar-refractivity contribution in [3.63, 3.8) is 0 Å². The Kier molecular flexibility index (Phi) is 2.98. The zero-order valence-electron chi connectivity index (χ0n) is 10.4. The van der Waals surface area contributed by atoms with Gasteiger partial charge in [0.05, 0.1) is 0 Å². The van der Waals surface area contributed by atoms with Crippen LogP contribution < -0.4 is 0 Å². The number of hydrogen-bond donors (Lipinski definition) is 1. The zero-order valence-corrected chi connectivity index (χ0v) is 11.2. The SMILES string of the molecule is Cc1oc(C)c(S(=O)(=O)N(C)C2CC2)c1C(=O)O. The van der Waals surface area contributed by atoms with Crippen molar-refractivity contribution in [1.82, 2.24) is 4.31 Å². The maximum Gasteiger partial charge on any atom is 0.340 e. The van der Waals surface area contributed by atoms with E-state index in [1.807, 2.05) is 0 Å². The van der Waals surface area contributed by atoms with Crippen molar-refractivity contribution >= 4 is 16.0 Å². The minimum atomic E-state index is -3.80. The van der Waals surface area contributed by atoms with Gasteiger partial charge in [0.25, 0.3) is 0 Å². The first-order chi connectivity index (χ1) is 8.26. The van der Waals surface area contributed by atoms with E-state index in [1.165, 1.54) is 25.2 Å². The van der Waals surface area contributed by atoms with E-state index in [-0.39, 0.29) is 28.0 Å². The summed E-state index contributed by atoms with van der Waals surface area (Å²) in [5.41, 5.74) is -0.264.